The summed E-state index contributed by atoms with van der Waals surface area (Å²) in [4.78, 5) is 17.4. The van der Waals surface area contributed by atoms with Gasteiger partial charge in [0.05, 0.1) is 0 Å². The van der Waals surface area contributed by atoms with Crippen LogP contribution in [0.2, 0.25) is 0 Å². The molecule has 2 aromatic heterocycles. The SMILES string of the molecule is CNc1cc(C(C)C)nc(-c2ncc(C)cn2)n1. The van der Waals surface area contributed by atoms with Crippen molar-refractivity contribution in [2.45, 2.75) is 26.7 Å². The van der Waals surface area contributed by atoms with Gasteiger partial charge in [0.2, 0.25) is 0 Å². The molecular formula is C13H17N5. The standard InChI is InChI=1S/C13H17N5/c1-8(2)10-5-11(14-4)18-13(17-10)12-15-6-9(3)7-16-12/h5-8H,1-4H3,(H,14,17,18). The monoisotopic (exact) mass is 243 g/mol. The topological polar surface area (TPSA) is 63.6 Å². The van der Waals surface area contributed by atoms with Crippen LogP contribution in [-0.2, 0) is 0 Å². The summed E-state index contributed by atoms with van der Waals surface area (Å²) in [6.45, 7) is 6.15. The zero-order valence-electron chi connectivity index (χ0n) is 11.1. The van der Waals surface area contributed by atoms with Crippen LogP contribution in [0.3, 0.4) is 0 Å². The predicted molar refractivity (Wildman–Crippen MR) is 71.4 cm³/mol. The molecule has 0 atom stereocenters. The summed E-state index contributed by atoms with van der Waals surface area (Å²) in [5.41, 5.74) is 2.00. The van der Waals surface area contributed by atoms with Crippen LogP contribution in [0, 0.1) is 6.92 Å². The van der Waals surface area contributed by atoms with E-state index in [1.54, 1.807) is 12.4 Å². The second kappa shape index (κ2) is 5.08. The Morgan fingerprint density at radius 1 is 1.06 bits per heavy atom. The van der Waals surface area contributed by atoms with Gasteiger partial charge in [0.25, 0.3) is 0 Å². The van der Waals surface area contributed by atoms with Gasteiger partial charge in [0, 0.05) is 31.2 Å². The van der Waals surface area contributed by atoms with Crippen molar-refractivity contribution in [1.29, 1.82) is 0 Å². The first-order chi connectivity index (χ1) is 8.60. The van der Waals surface area contributed by atoms with Crippen molar-refractivity contribution < 1.29 is 0 Å². The Morgan fingerprint density at radius 2 is 1.72 bits per heavy atom. The Balaban J connectivity index is 2.49. The van der Waals surface area contributed by atoms with Gasteiger partial charge >= 0.3 is 0 Å². The van der Waals surface area contributed by atoms with Crippen molar-refractivity contribution in [2.75, 3.05) is 12.4 Å². The molecule has 2 aromatic rings. The minimum absolute atomic E-state index is 0.337. The first-order valence-electron chi connectivity index (χ1n) is 5.96. The summed E-state index contributed by atoms with van der Waals surface area (Å²) in [7, 11) is 1.84. The molecule has 94 valence electrons. The quantitative estimate of drug-likeness (QED) is 0.896. The van der Waals surface area contributed by atoms with Crippen LogP contribution in [0.5, 0.6) is 0 Å². The van der Waals surface area contributed by atoms with E-state index < -0.39 is 0 Å². The third kappa shape index (κ3) is 2.61. The van der Waals surface area contributed by atoms with E-state index in [4.69, 9.17) is 0 Å². The molecule has 2 heterocycles. The lowest BCUT2D eigenvalue weighted by molar-refractivity contribution is 0.815. The predicted octanol–water partition coefficient (Wildman–Crippen LogP) is 2.41. The first kappa shape index (κ1) is 12.4. The molecule has 0 aromatic carbocycles. The van der Waals surface area contributed by atoms with Crippen molar-refractivity contribution in [3.63, 3.8) is 0 Å². The number of hydrogen-bond acceptors (Lipinski definition) is 5. The van der Waals surface area contributed by atoms with E-state index in [2.05, 4.69) is 39.1 Å². The third-order valence-corrected chi connectivity index (χ3v) is 2.57. The highest BCUT2D eigenvalue weighted by molar-refractivity contribution is 5.49. The van der Waals surface area contributed by atoms with Gasteiger partial charge in [-0.1, -0.05) is 13.8 Å². The first-order valence-corrected chi connectivity index (χ1v) is 5.96. The largest absolute Gasteiger partial charge is 0.373 e. The van der Waals surface area contributed by atoms with Gasteiger partial charge in [-0.15, -0.1) is 0 Å². The van der Waals surface area contributed by atoms with Crippen molar-refractivity contribution in [1.82, 2.24) is 19.9 Å². The highest BCUT2D eigenvalue weighted by Gasteiger charge is 2.10. The Kier molecular flexibility index (Phi) is 3.50. The van der Waals surface area contributed by atoms with Gasteiger partial charge in [0.15, 0.2) is 11.6 Å². The maximum Gasteiger partial charge on any atom is 0.199 e. The number of aromatic nitrogens is 4. The second-order valence-electron chi connectivity index (χ2n) is 4.49. The van der Waals surface area contributed by atoms with E-state index in [1.165, 1.54) is 0 Å². The number of nitrogens with one attached hydrogen (secondary N) is 1. The van der Waals surface area contributed by atoms with Crippen LogP contribution in [0.25, 0.3) is 11.6 Å². The molecule has 2 rings (SSSR count). The molecule has 0 radical (unpaired) electrons. The van der Waals surface area contributed by atoms with Crippen LogP contribution in [0.15, 0.2) is 18.5 Å². The van der Waals surface area contributed by atoms with Gasteiger partial charge in [-0.3, -0.25) is 0 Å². The molecule has 5 nitrogen and oxygen atoms in total. The highest BCUT2D eigenvalue weighted by atomic mass is 15.0. The molecule has 0 bridgehead atoms. The van der Waals surface area contributed by atoms with Gasteiger partial charge in [-0.05, 0) is 18.4 Å². The zero-order chi connectivity index (χ0) is 13.1. The van der Waals surface area contributed by atoms with E-state index in [9.17, 15) is 0 Å². The number of nitrogens with zero attached hydrogens (tertiary/aromatic N) is 4. The molecule has 5 heteroatoms. The third-order valence-electron chi connectivity index (χ3n) is 2.57. The van der Waals surface area contributed by atoms with Gasteiger partial charge in [-0.25, -0.2) is 19.9 Å². The molecule has 0 fully saturated rings. The normalized spacial score (nSPS) is 10.7. The molecule has 0 spiro atoms. The molecular weight excluding hydrogens is 226 g/mol. The van der Waals surface area contributed by atoms with Crippen molar-refractivity contribution in [2.24, 2.45) is 0 Å². The highest BCUT2D eigenvalue weighted by Crippen LogP contribution is 2.19. The number of anilines is 1. The smallest absolute Gasteiger partial charge is 0.199 e. The Bertz CT molecular complexity index is 534. The van der Waals surface area contributed by atoms with E-state index in [-0.39, 0.29) is 0 Å². The maximum atomic E-state index is 4.50. The minimum Gasteiger partial charge on any atom is -0.373 e. The van der Waals surface area contributed by atoms with Crippen LogP contribution in [-0.4, -0.2) is 27.0 Å². The van der Waals surface area contributed by atoms with E-state index >= 15 is 0 Å². The summed E-state index contributed by atoms with van der Waals surface area (Å²) < 4.78 is 0. The summed E-state index contributed by atoms with van der Waals surface area (Å²) >= 11 is 0. The fourth-order valence-corrected chi connectivity index (χ4v) is 1.50. The molecule has 0 amide bonds. The van der Waals surface area contributed by atoms with Gasteiger partial charge in [-0.2, -0.15) is 0 Å². The van der Waals surface area contributed by atoms with Crippen LogP contribution in [0.4, 0.5) is 5.82 Å². The molecule has 0 aliphatic rings. The average Bonchev–Trinajstić information content (AvgIpc) is 2.39. The van der Waals surface area contributed by atoms with Gasteiger partial charge in [0.1, 0.15) is 5.82 Å². The van der Waals surface area contributed by atoms with Crippen LogP contribution in [0.1, 0.15) is 31.0 Å². The van der Waals surface area contributed by atoms with Crippen molar-refractivity contribution >= 4 is 5.82 Å². The zero-order valence-corrected chi connectivity index (χ0v) is 11.1. The number of aryl methyl sites for hydroxylation is 1. The molecule has 0 saturated heterocycles. The average molecular weight is 243 g/mol. The van der Waals surface area contributed by atoms with Crippen molar-refractivity contribution in [3.05, 3.63) is 29.7 Å². The summed E-state index contributed by atoms with van der Waals surface area (Å²) in [6, 6.07) is 1.95. The fraction of sp³-hybridized carbons (Fsp3) is 0.385. The Hall–Kier alpha value is -2.04. The van der Waals surface area contributed by atoms with Crippen LogP contribution < -0.4 is 5.32 Å². The van der Waals surface area contributed by atoms with E-state index in [0.29, 0.717) is 17.6 Å². The fourth-order valence-electron chi connectivity index (χ4n) is 1.50. The van der Waals surface area contributed by atoms with Crippen molar-refractivity contribution in [3.8, 4) is 11.6 Å². The maximum absolute atomic E-state index is 4.50. The Morgan fingerprint density at radius 3 is 2.28 bits per heavy atom. The molecule has 1 N–H and O–H groups in total. The lowest BCUT2D eigenvalue weighted by Gasteiger charge is -2.09. The summed E-state index contributed by atoms with van der Waals surface area (Å²) in [5.74, 6) is 2.24. The lowest BCUT2D eigenvalue weighted by atomic mass is 10.1. The van der Waals surface area contributed by atoms with E-state index in [1.807, 2.05) is 20.0 Å². The van der Waals surface area contributed by atoms with Crippen LogP contribution >= 0.6 is 0 Å². The molecule has 0 aliphatic carbocycles. The Labute approximate surface area is 107 Å². The van der Waals surface area contributed by atoms with E-state index in [0.717, 1.165) is 17.1 Å². The van der Waals surface area contributed by atoms with Gasteiger partial charge < -0.3 is 5.32 Å². The molecule has 0 saturated carbocycles. The summed E-state index contributed by atoms with van der Waals surface area (Å²) in [5, 5.41) is 3.04. The minimum atomic E-state index is 0.337. The molecule has 0 aliphatic heterocycles. The second-order valence-corrected chi connectivity index (χ2v) is 4.49. The number of hydrogen-bond donors (Lipinski definition) is 1. The number of rotatable bonds is 3. The molecule has 18 heavy (non-hydrogen) atoms. The lowest BCUT2D eigenvalue weighted by Crippen LogP contribution is -2.04. The summed E-state index contributed by atoms with van der Waals surface area (Å²) in [6.07, 6.45) is 3.54. The molecule has 0 unspecified atom stereocenters.